The van der Waals surface area contributed by atoms with Gasteiger partial charge in [-0.2, -0.15) is 0 Å². The Morgan fingerprint density at radius 2 is 1.03 bits per heavy atom. The fraction of sp³-hybridized carbons (Fsp3) is 0.952. The van der Waals surface area contributed by atoms with Gasteiger partial charge < -0.3 is 29.6 Å². The second kappa shape index (κ2) is 20.4. The van der Waals surface area contributed by atoms with Gasteiger partial charge in [0.25, 0.3) is 0 Å². The van der Waals surface area contributed by atoms with Crippen LogP contribution in [0.2, 0.25) is 11.1 Å². The maximum absolute atomic E-state index is 11.9. The smallest absolute Gasteiger partial charge is 0.314 e. The van der Waals surface area contributed by atoms with Crippen LogP contribution in [0.25, 0.3) is 0 Å². The maximum Gasteiger partial charge on any atom is 0.314 e. The Labute approximate surface area is 190 Å². The predicted octanol–water partition coefficient (Wildman–Crippen LogP) is 1.73. The molecule has 0 saturated carbocycles. The lowest BCUT2D eigenvalue weighted by molar-refractivity contribution is -0.140. The number of rotatable bonds is 20. The van der Waals surface area contributed by atoms with Gasteiger partial charge in [0.2, 0.25) is 0 Å². The van der Waals surface area contributed by atoms with Crippen molar-refractivity contribution >= 4 is 26.5 Å². The monoisotopic (exact) mass is 464 g/mol. The zero-order chi connectivity index (χ0) is 22.6. The molecule has 0 radical (unpaired) electrons. The summed E-state index contributed by atoms with van der Waals surface area (Å²) in [5, 5.41) is 5.93. The number of carbonyl (C=O) groups excluding carboxylic acids is 1. The molecule has 0 spiro atoms. The standard InChI is InChI=1S/C21H48N2O5Si2/c1-5-25-19(26-6-2)15-17(29)11-9-13-22-21(24)23-14-10-12-18(30)16-20(27-7-3)28-8-4/h17-20H,5-16H2,1-4,29-30H3,(H2,22,23,24). The number of hydrogen-bond donors (Lipinski definition) is 2. The van der Waals surface area contributed by atoms with Crippen LogP contribution in [0.15, 0.2) is 0 Å². The molecule has 7 nitrogen and oxygen atoms in total. The zero-order valence-corrected chi connectivity index (χ0v) is 24.3. The van der Waals surface area contributed by atoms with Gasteiger partial charge >= 0.3 is 6.03 Å². The van der Waals surface area contributed by atoms with Crippen LogP contribution < -0.4 is 10.6 Å². The first-order valence-electron chi connectivity index (χ1n) is 11.9. The molecule has 2 atom stereocenters. The van der Waals surface area contributed by atoms with Crippen LogP contribution in [0.5, 0.6) is 0 Å². The fourth-order valence-corrected chi connectivity index (χ4v) is 4.96. The molecule has 0 aliphatic carbocycles. The average Bonchev–Trinajstić information content (AvgIpc) is 2.69. The normalized spacial score (nSPS) is 13.8. The molecule has 0 rings (SSSR count). The number of carbonyl (C=O) groups is 1. The highest BCUT2D eigenvalue weighted by atomic mass is 28.1. The summed E-state index contributed by atoms with van der Waals surface area (Å²) < 4.78 is 22.5. The third kappa shape index (κ3) is 17.2. The van der Waals surface area contributed by atoms with Crippen molar-refractivity contribution in [1.82, 2.24) is 10.6 Å². The minimum atomic E-state index is -0.0819. The van der Waals surface area contributed by atoms with Crippen LogP contribution in [0.1, 0.15) is 66.2 Å². The number of ether oxygens (including phenoxy) is 4. The molecule has 0 aliphatic rings. The average molecular weight is 465 g/mol. The molecule has 0 fully saturated rings. The lowest BCUT2D eigenvalue weighted by atomic mass is 10.1. The first kappa shape index (κ1) is 29.5. The Balaban J connectivity index is 3.78. The van der Waals surface area contributed by atoms with Gasteiger partial charge in [0.1, 0.15) is 0 Å². The molecule has 30 heavy (non-hydrogen) atoms. The number of urea groups is 1. The van der Waals surface area contributed by atoms with Crippen molar-refractivity contribution in [2.45, 2.75) is 89.9 Å². The summed E-state index contributed by atoms with van der Waals surface area (Å²) >= 11 is 0. The van der Waals surface area contributed by atoms with Crippen molar-refractivity contribution in [2.75, 3.05) is 39.5 Å². The van der Waals surface area contributed by atoms with Gasteiger partial charge in [-0.3, -0.25) is 0 Å². The molecule has 0 aromatic carbocycles. The molecule has 9 heteroatoms. The fourth-order valence-electron chi connectivity index (χ4n) is 3.37. The summed E-state index contributed by atoms with van der Waals surface area (Å²) in [6, 6.07) is -0.0622. The van der Waals surface area contributed by atoms with Gasteiger partial charge in [-0.1, -0.05) is 12.8 Å². The van der Waals surface area contributed by atoms with Crippen LogP contribution in [-0.4, -0.2) is 78.6 Å². The van der Waals surface area contributed by atoms with Crippen LogP contribution >= 0.6 is 0 Å². The summed E-state index contributed by atoms with van der Waals surface area (Å²) in [6.07, 6.45) is 5.93. The van der Waals surface area contributed by atoms with E-state index in [2.05, 4.69) is 10.6 Å². The van der Waals surface area contributed by atoms with E-state index in [0.29, 0.717) is 50.6 Å². The molecular weight excluding hydrogens is 416 g/mol. The largest absolute Gasteiger partial charge is 0.353 e. The Morgan fingerprint density at radius 3 is 1.33 bits per heavy atom. The Bertz CT molecular complexity index is 362. The van der Waals surface area contributed by atoms with Gasteiger partial charge in [-0.15, -0.1) is 0 Å². The molecule has 0 aliphatic heterocycles. The number of nitrogens with one attached hydrogen (secondary N) is 2. The van der Waals surface area contributed by atoms with E-state index in [0.717, 1.165) is 59.0 Å². The third-order valence-electron chi connectivity index (χ3n) is 4.92. The van der Waals surface area contributed by atoms with Crippen molar-refractivity contribution in [1.29, 1.82) is 0 Å². The molecule has 2 amide bonds. The zero-order valence-electron chi connectivity index (χ0n) is 20.3. The van der Waals surface area contributed by atoms with E-state index >= 15 is 0 Å². The van der Waals surface area contributed by atoms with Crippen LogP contribution in [0, 0.1) is 0 Å². The van der Waals surface area contributed by atoms with Gasteiger partial charge in [-0.05, 0) is 64.5 Å². The minimum Gasteiger partial charge on any atom is -0.353 e. The van der Waals surface area contributed by atoms with E-state index in [1.807, 2.05) is 27.7 Å². The quantitative estimate of drug-likeness (QED) is 0.163. The molecule has 2 unspecified atom stereocenters. The minimum absolute atomic E-state index is 0.0622. The summed E-state index contributed by atoms with van der Waals surface area (Å²) in [5.74, 6) is 0. The van der Waals surface area contributed by atoms with Crippen molar-refractivity contribution in [3.63, 3.8) is 0 Å². The lowest BCUT2D eigenvalue weighted by Gasteiger charge is -2.21. The van der Waals surface area contributed by atoms with Gasteiger partial charge in [0, 0.05) is 60.0 Å². The van der Waals surface area contributed by atoms with E-state index in [9.17, 15) is 4.79 Å². The van der Waals surface area contributed by atoms with E-state index in [1.54, 1.807) is 0 Å². The topological polar surface area (TPSA) is 78.1 Å². The molecule has 0 saturated heterocycles. The number of hydrogen-bond acceptors (Lipinski definition) is 5. The highest BCUT2D eigenvalue weighted by Gasteiger charge is 2.14. The van der Waals surface area contributed by atoms with E-state index in [-0.39, 0.29) is 18.6 Å². The van der Waals surface area contributed by atoms with Gasteiger partial charge in [0.05, 0.1) is 0 Å². The van der Waals surface area contributed by atoms with Crippen LogP contribution in [0.3, 0.4) is 0 Å². The van der Waals surface area contributed by atoms with E-state index < -0.39 is 0 Å². The molecular formula is C21H48N2O5Si2. The highest BCUT2D eigenvalue weighted by molar-refractivity contribution is 6.11. The van der Waals surface area contributed by atoms with E-state index in [1.165, 1.54) is 0 Å². The Hall–Kier alpha value is -0.456. The SMILES string of the molecule is CCOC(CC([SiH3])CCCNC(=O)NCCCC([SiH3])CC(OCC)OCC)OCC. The molecule has 0 heterocycles. The third-order valence-corrected chi connectivity index (χ3v) is 7.02. The first-order valence-corrected chi connectivity index (χ1v) is 14.3. The van der Waals surface area contributed by atoms with Crippen molar-refractivity contribution in [2.24, 2.45) is 0 Å². The summed E-state index contributed by atoms with van der Waals surface area (Å²) in [4.78, 5) is 11.9. The molecule has 180 valence electrons. The molecule has 2 N–H and O–H groups in total. The summed E-state index contributed by atoms with van der Waals surface area (Å²) in [7, 11) is 2.22. The second-order valence-electron chi connectivity index (χ2n) is 7.83. The number of amides is 2. The molecule has 0 aromatic rings. The predicted molar refractivity (Wildman–Crippen MR) is 131 cm³/mol. The maximum atomic E-state index is 11.9. The highest BCUT2D eigenvalue weighted by Crippen LogP contribution is 2.19. The summed E-state index contributed by atoms with van der Waals surface area (Å²) in [5.41, 5.74) is 1.28. The summed E-state index contributed by atoms with van der Waals surface area (Å²) in [6.45, 7) is 12.1. The molecule has 0 bridgehead atoms. The van der Waals surface area contributed by atoms with Crippen LogP contribution in [0.4, 0.5) is 4.79 Å². The van der Waals surface area contributed by atoms with Crippen molar-refractivity contribution < 1.29 is 23.7 Å². The molecule has 0 aromatic heterocycles. The van der Waals surface area contributed by atoms with Crippen molar-refractivity contribution in [3.05, 3.63) is 0 Å². The Kier molecular flexibility index (Phi) is 20.1. The Morgan fingerprint density at radius 1 is 0.700 bits per heavy atom. The lowest BCUT2D eigenvalue weighted by Crippen LogP contribution is -2.36. The van der Waals surface area contributed by atoms with E-state index in [4.69, 9.17) is 18.9 Å². The van der Waals surface area contributed by atoms with Crippen LogP contribution in [-0.2, 0) is 18.9 Å². The second-order valence-corrected chi connectivity index (χ2v) is 11.1. The van der Waals surface area contributed by atoms with Crippen molar-refractivity contribution in [3.8, 4) is 0 Å². The van der Waals surface area contributed by atoms with Gasteiger partial charge in [0.15, 0.2) is 12.6 Å². The first-order chi connectivity index (χ1) is 14.5. The van der Waals surface area contributed by atoms with Gasteiger partial charge in [-0.25, -0.2) is 4.79 Å².